The van der Waals surface area contributed by atoms with Crippen LogP contribution in [-0.2, 0) is 0 Å². The van der Waals surface area contributed by atoms with E-state index in [2.05, 4.69) is 214 Å². The highest BCUT2D eigenvalue weighted by atomic mass is 28.3. The zero-order valence-electron chi connectivity index (χ0n) is 35.5. The van der Waals surface area contributed by atoms with Crippen molar-refractivity contribution in [1.82, 2.24) is 0 Å². The Morgan fingerprint density at radius 2 is 0.653 bits per heavy atom. The molecule has 0 bridgehead atoms. The molecule has 1 aromatic rings. The second kappa shape index (κ2) is 18.8. The molecule has 0 unspecified atom stereocenters. The Kier molecular flexibility index (Phi) is 17.1. The molecule has 1 rings (SSSR count). The lowest BCUT2D eigenvalue weighted by Gasteiger charge is -2.38. The topological polar surface area (TPSA) is 3.24 Å². The van der Waals surface area contributed by atoms with E-state index >= 15 is 0 Å². The summed E-state index contributed by atoms with van der Waals surface area (Å²) in [6.45, 7) is 42.9. The number of benzene rings is 1. The summed E-state index contributed by atoms with van der Waals surface area (Å²) >= 11 is 0. The maximum absolute atomic E-state index is 4.03. The number of allylic oxidation sites excluding steroid dienone is 2. The average Bonchev–Trinajstić information content (AvgIpc) is 2.97. The predicted octanol–water partition coefficient (Wildman–Crippen LogP) is 13.1. The van der Waals surface area contributed by atoms with E-state index in [1.54, 1.807) is 0 Å². The first-order valence-electron chi connectivity index (χ1n) is 19.2. The van der Waals surface area contributed by atoms with Gasteiger partial charge in [-0.3, -0.25) is 0 Å². The van der Waals surface area contributed by atoms with E-state index in [0.717, 1.165) is 22.4 Å². The largest absolute Gasteiger partial charge is 0.378 e. The Bertz CT molecular complexity index is 1380. The maximum atomic E-state index is 4.03. The molecule has 0 atom stereocenters. The molecule has 1 aromatic carbocycles. The normalized spacial score (nSPS) is 12.3. The first kappa shape index (κ1) is 44.7. The maximum Gasteiger partial charge on any atom is 0.146 e. The molecule has 0 aromatic heterocycles. The van der Waals surface area contributed by atoms with Gasteiger partial charge in [-0.05, 0) is 74.1 Å². The second-order valence-corrected chi connectivity index (χ2v) is 34.1. The average molecular weight is 712 g/mol. The van der Waals surface area contributed by atoms with Gasteiger partial charge in [0.05, 0.1) is 11.1 Å². The Balaban J connectivity index is 4.62. The summed E-state index contributed by atoms with van der Waals surface area (Å²) < 4.78 is 0. The fourth-order valence-electron chi connectivity index (χ4n) is 9.10. The minimum atomic E-state index is -2.04. The minimum Gasteiger partial charge on any atom is -0.378 e. The lowest BCUT2D eigenvalue weighted by Crippen LogP contribution is -2.43. The number of anilines is 1. The van der Waals surface area contributed by atoms with Gasteiger partial charge in [0.2, 0.25) is 0 Å². The van der Waals surface area contributed by atoms with Crippen LogP contribution < -0.4 is 4.90 Å². The summed E-state index contributed by atoms with van der Waals surface area (Å²) in [5.74, 6) is 18.6. The highest BCUT2D eigenvalue weighted by molar-refractivity contribution is 6.91. The third-order valence-corrected chi connectivity index (χ3v) is 30.6. The van der Waals surface area contributed by atoms with Crippen molar-refractivity contribution in [2.45, 2.75) is 174 Å². The molecule has 0 radical (unpaired) electrons. The van der Waals surface area contributed by atoms with Crippen molar-refractivity contribution in [1.29, 1.82) is 0 Å². The van der Waals surface area contributed by atoms with Crippen LogP contribution in [0, 0.1) is 46.2 Å². The minimum absolute atomic E-state index is 0.527. The molecule has 0 fully saturated rings. The molecule has 0 N–H and O–H groups in total. The molecule has 270 valence electrons. The van der Waals surface area contributed by atoms with Gasteiger partial charge in [0.1, 0.15) is 24.2 Å². The van der Waals surface area contributed by atoms with Crippen LogP contribution in [0.25, 0.3) is 0 Å². The quantitative estimate of drug-likeness (QED) is 0.172. The van der Waals surface area contributed by atoms with Crippen LogP contribution >= 0.6 is 0 Å². The van der Waals surface area contributed by atoms with E-state index in [1.165, 1.54) is 0 Å². The summed E-state index contributed by atoms with van der Waals surface area (Å²) in [4.78, 5) is 2.12. The zero-order chi connectivity index (χ0) is 38.1. The molecule has 49 heavy (non-hydrogen) atoms. The van der Waals surface area contributed by atoms with Crippen LogP contribution in [0.15, 0.2) is 35.4 Å². The van der Waals surface area contributed by atoms with Crippen molar-refractivity contribution < 1.29 is 0 Å². The van der Waals surface area contributed by atoms with Crippen molar-refractivity contribution >= 4 is 29.9 Å². The smallest absolute Gasteiger partial charge is 0.146 e. The van der Waals surface area contributed by atoms with Gasteiger partial charge in [-0.2, -0.15) is 0 Å². The van der Waals surface area contributed by atoms with Crippen LogP contribution in [0.4, 0.5) is 5.69 Å². The molecule has 0 spiro atoms. The van der Waals surface area contributed by atoms with E-state index in [-0.39, 0.29) is 0 Å². The van der Waals surface area contributed by atoms with E-state index in [4.69, 9.17) is 0 Å². The molecule has 0 aliphatic heterocycles. The van der Waals surface area contributed by atoms with Crippen LogP contribution in [-0.4, -0.2) is 38.3 Å². The van der Waals surface area contributed by atoms with Gasteiger partial charge in [0, 0.05) is 25.3 Å². The monoisotopic (exact) mass is 712 g/mol. The highest BCUT2D eigenvalue weighted by Crippen LogP contribution is 2.43. The fourth-order valence-corrected chi connectivity index (χ4v) is 24.7. The SMILES string of the molecule is CC(C)[Si](C#CC(C#Cc1ccc(N(C)C)cc1)=C(C#C[Si](C(C)C)(C(C)C)C(C)C)C#C[Si](C(C)C)(C(C)C)C(C)C)(C(C)C)C(C)C. The number of rotatable bonds is 10. The number of nitrogens with zero attached hydrogens (tertiary/aromatic N) is 1. The van der Waals surface area contributed by atoms with Crippen LogP contribution in [0.2, 0.25) is 49.9 Å². The van der Waals surface area contributed by atoms with Gasteiger partial charge < -0.3 is 4.90 Å². The molecular weight excluding hydrogens is 639 g/mol. The molecular formula is C45H73NSi3. The standard InChI is InChI=1S/C45H73NSi3/c1-33(2)47(34(3)4,35(5)6)30-27-43(24-21-42-22-25-45(26-23-42)46(19)20)44(28-31-48(36(7)8,37(9)10)38(11)12)29-32-49(39(13)14,40(15)16)41(17)18/h22-23,25-26,33-41H,1-20H3. The van der Waals surface area contributed by atoms with Gasteiger partial charge in [-0.25, -0.2) is 0 Å². The van der Waals surface area contributed by atoms with Crippen molar-refractivity contribution in [2.75, 3.05) is 19.0 Å². The predicted molar refractivity (Wildman–Crippen MR) is 231 cm³/mol. The van der Waals surface area contributed by atoms with Crippen LogP contribution in [0.3, 0.4) is 0 Å². The molecule has 0 aliphatic rings. The van der Waals surface area contributed by atoms with Gasteiger partial charge in [-0.15, -0.1) is 16.6 Å². The summed E-state index contributed by atoms with van der Waals surface area (Å²) in [7, 11) is -1.98. The summed E-state index contributed by atoms with van der Waals surface area (Å²) in [6.07, 6.45) is 0. The first-order chi connectivity index (χ1) is 22.5. The molecule has 0 amide bonds. The molecule has 0 saturated heterocycles. The molecule has 4 heteroatoms. The third kappa shape index (κ3) is 10.1. The Morgan fingerprint density at radius 3 is 0.878 bits per heavy atom. The first-order valence-corrected chi connectivity index (χ1v) is 25.9. The van der Waals surface area contributed by atoms with Crippen LogP contribution in [0.1, 0.15) is 130 Å². The Labute approximate surface area is 309 Å². The van der Waals surface area contributed by atoms with E-state index in [9.17, 15) is 0 Å². The van der Waals surface area contributed by atoms with E-state index < -0.39 is 24.2 Å². The lowest BCUT2D eigenvalue weighted by molar-refractivity contribution is 0.838. The number of hydrogen-bond acceptors (Lipinski definition) is 1. The van der Waals surface area contributed by atoms with Crippen molar-refractivity contribution in [3.05, 3.63) is 41.0 Å². The van der Waals surface area contributed by atoms with Gasteiger partial charge >= 0.3 is 0 Å². The Hall–Kier alpha value is -2.35. The van der Waals surface area contributed by atoms with Gasteiger partial charge in [-0.1, -0.05) is 154 Å². The highest BCUT2D eigenvalue weighted by Gasteiger charge is 2.44. The molecule has 0 saturated carbocycles. The molecule has 1 nitrogen and oxygen atoms in total. The second-order valence-electron chi connectivity index (χ2n) is 17.4. The van der Waals surface area contributed by atoms with Gasteiger partial charge in [0.15, 0.2) is 0 Å². The lowest BCUT2D eigenvalue weighted by atomic mass is 10.1. The Morgan fingerprint density at radius 1 is 0.408 bits per heavy atom. The summed E-state index contributed by atoms with van der Waals surface area (Å²) in [5, 5.41) is 0. The van der Waals surface area contributed by atoms with E-state index in [1.807, 2.05) is 0 Å². The fraction of sp³-hybridized carbons (Fsp3) is 0.644. The van der Waals surface area contributed by atoms with Crippen molar-refractivity contribution in [3.8, 4) is 46.2 Å². The molecule has 0 heterocycles. The van der Waals surface area contributed by atoms with Gasteiger partial charge in [0.25, 0.3) is 0 Å². The summed E-state index contributed by atoms with van der Waals surface area (Å²) in [5.41, 5.74) is 20.7. The molecule has 0 aliphatic carbocycles. The third-order valence-electron chi connectivity index (χ3n) is 11.8. The number of hydrogen-bond donors (Lipinski definition) is 0. The van der Waals surface area contributed by atoms with Crippen LogP contribution in [0.5, 0.6) is 0 Å². The zero-order valence-corrected chi connectivity index (χ0v) is 38.5. The van der Waals surface area contributed by atoms with Crippen molar-refractivity contribution in [2.24, 2.45) is 0 Å². The van der Waals surface area contributed by atoms with Crippen molar-refractivity contribution in [3.63, 3.8) is 0 Å². The summed E-state index contributed by atoms with van der Waals surface area (Å²) in [6, 6.07) is 8.50. The van der Waals surface area contributed by atoms with E-state index in [0.29, 0.717) is 49.9 Å².